The molecule has 2 unspecified atom stereocenters. The maximum absolute atomic E-state index is 14.8. The van der Waals surface area contributed by atoms with Crippen molar-refractivity contribution < 1.29 is 13.9 Å². The predicted octanol–water partition coefficient (Wildman–Crippen LogP) is 3.42. The second kappa shape index (κ2) is 7.69. The highest BCUT2D eigenvalue weighted by atomic mass is 35.5. The quantitative estimate of drug-likeness (QED) is 0.794. The highest BCUT2D eigenvalue weighted by molar-refractivity contribution is 8.13. The van der Waals surface area contributed by atoms with E-state index in [9.17, 15) is 9.18 Å². The molecule has 146 valence electrons. The molecule has 2 aliphatic rings. The molecule has 2 aliphatic heterocycles. The van der Waals surface area contributed by atoms with Gasteiger partial charge in [0.25, 0.3) is 5.91 Å². The number of nitrogens with one attached hydrogen (secondary N) is 1. The molecule has 28 heavy (non-hydrogen) atoms. The summed E-state index contributed by atoms with van der Waals surface area (Å²) >= 11 is 7.28. The van der Waals surface area contributed by atoms with E-state index in [-0.39, 0.29) is 18.2 Å². The van der Waals surface area contributed by atoms with E-state index in [0.717, 1.165) is 12.2 Å². The smallest absolute Gasteiger partial charge is 0.274 e. The fraction of sp³-hybridized carbons (Fsp3) is 0.316. The number of aromatic nitrogens is 1. The van der Waals surface area contributed by atoms with E-state index in [1.54, 1.807) is 12.1 Å². The first-order valence-electron chi connectivity index (χ1n) is 8.77. The van der Waals surface area contributed by atoms with Crippen LogP contribution in [0.25, 0.3) is 0 Å². The lowest BCUT2D eigenvalue weighted by Crippen LogP contribution is -2.48. The van der Waals surface area contributed by atoms with E-state index < -0.39 is 17.3 Å². The number of anilines is 1. The van der Waals surface area contributed by atoms with Crippen LogP contribution in [-0.4, -0.2) is 35.0 Å². The number of amidine groups is 1. The number of benzene rings is 1. The number of ether oxygens (including phenoxy) is 1. The van der Waals surface area contributed by atoms with Gasteiger partial charge in [0.05, 0.1) is 11.6 Å². The molecule has 0 radical (unpaired) electrons. The van der Waals surface area contributed by atoms with Crippen molar-refractivity contribution in [3.8, 4) is 0 Å². The summed E-state index contributed by atoms with van der Waals surface area (Å²) in [6, 6.07) is 7.55. The number of nitrogens with two attached hydrogens (primary N) is 1. The number of halogens is 2. The minimum atomic E-state index is -0.878. The second-order valence-corrected chi connectivity index (χ2v) is 8.21. The van der Waals surface area contributed by atoms with Gasteiger partial charge < -0.3 is 15.8 Å². The van der Waals surface area contributed by atoms with E-state index in [1.165, 1.54) is 36.2 Å². The number of rotatable bonds is 3. The van der Waals surface area contributed by atoms with Crippen LogP contribution in [0.4, 0.5) is 10.1 Å². The molecule has 2 atom stereocenters. The fourth-order valence-corrected chi connectivity index (χ4v) is 4.72. The van der Waals surface area contributed by atoms with Crippen LogP contribution in [0.2, 0.25) is 5.02 Å². The van der Waals surface area contributed by atoms with Crippen molar-refractivity contribution in [2.45, 2.75) is 12.0 Å². The average molecular weight is 421 g/mol. The Hall–Kier alpha value is -2.16. The molecular formula is C19H18ClFN4O2S. The maximum Gasteiger partial charge on any atom is 0.274 e. The van der Waals surface area contributed by atoms with E-state index in [4.69, 9.17) is 22.1 Å². The summed E-state index contributed by atoms with van der Waals surface area (Å²) < 4.78 is 20.5. The number of thioether (sulfide) groups is 1. The van der Waals surface area contributed by atoms with Gasteiger partial charge in [-0.25, -0.2) is 14.4 Å². The molecule has 1 aromatic heterocycles. The Kier molecular flexibility index (Phi) is 5.27. The second-order valence-electron chi connectivity index (χ2n) is 6.73. The van der Waals surface area contributed by atoms with E-state index in [1.807, 2.05) is 0 Å². The number of carbonyl (C=O) groups is 1. The van der Waals surface area contributed by atoms with Crippen LogP contribution in [0.15, 0.2) is 41.5 Å². The van der Waals surface area contributed by atoms with Crippen molar-refractivity contribution in [3.05, 3.63) is 58.6 Å². The first-order valence-corrected chi connectivity index (χ1v) is 10.1. The van der Waals surface area contributed by atoms with Crippen LogP contribution in [0, 0.1) is 11.7 Å². The minimum Gasteiger partial charge on any atom is -0.379 e. The van der Waals surface area contributed by atoms with Gasteiger partial charge >= 0.3 is 0 Å². The Morgan fingerprint density at radius 2 is 2.25 bits per heavy atom. The van der Waals surface area contributed by atoms with Gasteiger partial charge in [-0.15, -0.1) is 0 Å². The highest BCUT2D eigenvalue weighted by Gasteiger charge is 2.47. The SMILES string of the molecule is NC1=NC2(c3cc(NC(=O)c4ccc(Cl)cn4)ccc3F)COCCC2CS1. The van der Waals surface area contributed by atoms with Crippen LogP contribution in [0.3, 0.4) is 0 Å². The minimum absolute atomic E-state index is 0.108. The molecule has 6 nitrogen and oxygen atoms in total. The van der Waals surface area contributed by atoms with Gasteiger partial charge in [-0.2, -0.15) is 0 Å². The van der Waals surface area contributed by atoms with Gasteiger partial charge in [-0.1, -0.05) is 23.4 Å². The summed E-state index contributed by atoms with van der Waals surface area (Å²) in [6.07, 6.45) is 2.17. The summed E-state index contributed by atoms with van der Waals surface area (Å²) in [4.78, 5) is 21.1. The van der Waals surface area contributed by atoms with Gasteiger partial charge in [0.1, 0.15) is 17.1 Å². The number of amides is 1. The first-order chi connectivity index (χ1) is 13.5. The summed E-state index contributed by atoms with van der Waals surface area (Å²) in [5, 5.41) is 3.61. The van der Waals surface area contributed by atoms with E-state index in [0.29, 0.717) is 28.0 Å². The van der Waals surface area contributed by atoms with Crippen molar-refractivity contribution in [3.63, 3.8) is 0 Å². The number of aliphatic imine (C=N–C) groups is 1. The molecule has 1 saturated heterocycles. The Morgan fingerprint density at radius 3 is 3.04 bits per heavy atom. The zero-order chi connectivity index (χ0) is 19.7. The summed E-state index contributed by atoms with van der Waals surface area (Å²) in [7, 11) is 0. The van der Waals surface area contributed by atoms with Crippen LogP contribution in [-0.2, 0) is 10.3 Å². The molecule has 1 aromatic carbocycles. The van der Waals surface area contributed by atoms with Gasteiger partial charge in [0, 0.05) is 35.7 Å². The molecule has 1 fully saturated rings. The van der Waals surface area contributed by atoms with E-state index in [2.05, 4.69) is 15.3 Å². The van der Waals surface area contributed by atoms with Gasteiger partial charge in [-0.05, 0) is 36.8 Å². The molecule has 0 aliphatic carbocycles. The third kappa shape index (κ3) is 3.59. The molecule has 3 N–H and O–H groups in total. The number of nitrogens with zero attached hydrogens (tertiary/aromatic N) is 2. The Bertz CT molecular complexity index is 940. The van der Waals surface area contributed by atoms with Crippen LogP contribution in [0.5, 0.6) is 0 Å². The summed E-state index contributed by atoms with van der Waals surface area (Å²) in [6.45, 7) is 0.870. The van der Waals surface area contributed by atoms with Gasteiger partial charge in [0.2, 0.25) is 0 Å². The number of carbonyl (C=O) groups excluding carboxylic acids is 1. The molecule has 0 saturated carbocycles. The van der Waals surface area contributed by atoms with Crippen LogP contribution >= 0.6 is 23.4 Å². The zero-order valence-electron chi connectivity index (χ0n) is 14.8. The molecule has 4 rings (SSSR count). The molecule has 9 heteroatoms. The lowest BCUT2D eigenvalue weighted by atomic mass is 9.76. The number of fused-ring (bicyclic) bond motifs is 1. The first kappa shape index (κ1) is 19.2. The Labute approximate surface area is 170 Å². The van der Waals surface area contributed by atoms with Crippen molar-refractivity contribution in [1.29, 1.82) is 0 Å². The van der Waals surface area contributed by atoms with Gasteiger partial charge in [0.15, 0.2) is 5.17 Å². The largest absolute Gasteiger partial charge is 0.379 e. The Morgan fingerprint density at radius 1 is 1.39 bits per heavy atom. The normalized spacial score (nSPS) is 24.2. The number of pyridine rings is 1. The number of hydrogen-bond donors (Lipinski definition) is 2. The van der Waals surface area contributed by atoms with Crippen molar-refractivity contribution >= 4 is 40.1 Å². The topological polar surface area (TPSA) is 89.6 Å². The molecule has 2 aromatic rings. The highest BCUT2D eigenvalue weighted by Crippen LogP contribution is 2.45. The summed E-state index contributed by atoms with van der Waals surface area (Å²) in [5.41, 5.74) is 6.13. The van der Waals surface area contributed by atoms with Crippen LogP contribution in [0.1, 0.15) is 22.5 Å². The van der Waals surface area contributed by atoms with Crippen molar-refractivity contribution in [2.75, 3.05) is 24.3 Å². The fourth-order valence-electron chi connectivity index (χ4n) is 3.57. The van der Waals surface area contributed by atoms with Crippen molar-refractivity contribution in [1.82, 2.24) is 4.98 Å². The third-order valence-electron chi connectivity index (χ3n) is 5.00. The predicted molar refractivity (Wildman–Crippen MR) is 108 cm³/mol. The number of hydrogen-bond acceptors (Lipinski definition) is 6. The lowest BCUT2D eigenvalue weighted by Gasteiger charge is -2.43. The molecule has 3 heterocycles. The van der Waals surface area contributed by atoms with Gasteiger partial charge in [-0.3, -0.25) is 4.79 Å². The molecule has 0 spiro atoms. The standard InChI is InChI=1S/C19H18ClFN4O2S/c20-12-1-4-16(23-8-12)17(26)24-13-2-3-15(21)14(7-13)19-10-27-6-5-11(19)9-28-18(22)25-19/h1-4,7-8,11H,5-6,9-10H2,(H2,22,25)(H,24,26). The molecule has 1 amide bonds. The average Bonchev–Trinajstić information content (AvgIpc) is 2.69. The molecule has 0 bridgehead atoms. The summed E-state index contributed by atoms with van der Waals surface area (Å²) in [5.74, 6) is 0.0487. The zero-order valence-corrected chi connectivity index (χ0v) is 16.4. The Balaban J connectivity index is 1.68. The lowest BCUT2D eigenvalue weighted by molar-refractivity contribution is 0.00304. The maximum atomic E-state index is 14.8. The van der Waals surface area contributed by atoms with Crippen molar-refractivity contribution in [2.24, 2.45) is 16.6 Å². The van der Waals surface area contributed by atoms with E-state index >= 15 is 0 Å². The monoisotopic (exact) mass is 420 g/mol. The third-order valence-corrected chi connectivity index (χ3v) is 6.18. The molecular weight excluding hydrogens is 403 g/mol. The van der Waals surface area contributed by atoms with Crippen LogP contribution < -0.4 is 11.1 Å².